The first-order chi connectivity index (χ1) is 10.7. The summed E-state index contributed by atoms with van der Waals surface area (Å²) in [6.07, 6.45) is 0.716. The van der Waals surface area contributed by atoms with E-state index in [0.29, 0.717) is 13.0 Å². The molecule has 22 heavy (non-hydrogen) atoms. The average molecular weight is 358 g/mol. The van der Waals surface area contributed by atoms with E-state index in [1.54, 1.807) is 0 Å². The van der Waals surface area contributed by atoms with Crippen molar-refractivity contribution in [3.05, 3.63) is 64.4 Å². The Morgan fingerprint density at radius 1 is 1.23 bits per heavy atom. The van der Waals surface area contributed by atoms with E-state index in [2.05, 4.69) is 49.0 Å². The number of fused-ring (bicyclic) bond motifs is 1. The van der Waals surface area contributed by atoms with E-state index in [-0.39, 0.29) is 6.04 Å². The minimum atomic E-state index is -0.139. The molecule has 3 aromatic rings. The number of hydrogen-bond donors (Lipinski definition) is 1. The maximum atomic E-state index is 10.8. The number of carbonyl (C=O) groups is 1. The second-order valence-corrected chi connectivity index (χ2v) is 6.09. The molecule has 0 saturated carbocycles. The minimum Gasteiger partial charge on any atom is -0.349 e. The van der Waals surface area contributed by atoms with E-state index in [9.17, 15) is 4.79 Å². The molecule has 0 aliphatic rings. The third-order valence-corrected chi connectivity index (χ3v) is 4.17. The SMILES string of the molecule is CC(NC=O)c1nc2ccccc2n1Cc1ccc(Br)cc1. The van der Waals surface area contributed by atoms with Crippen LogP contribution in [-0.2, 0) is 11.3 Å². The predicted molar refractivity (Wildman–Crippen MR) is 90.6 cm³/mol. The Bertz CT molecular complexity index is 795. The van der Waals surface area contributed by atoms with E-state index in [4.69, 9.17) is 0 Å². The van der Waals surface area contributed by atoms with E-state index in [1.807, 2.05) is 37.3 Å². The topological polar surface area (TPSA) is 46.9 Å². The molecule has 1 unspecified atom stereocenters. The molecule has 4 nitrogen and oxygen atoms in total. The smallest absolute Gasteiger partial charge is 0.207 e. The second-order valence-electron chi connectivity index (χ2n) is 5.18. The van der Waals surface area contributed by atoms with Crippen LogP contribution in [0.3, 0.4) is 0 Å². The van der Waals surface area contributed by atoms with Gasteiger partial charge in [0.15, 0.2) is 0 Å². The van der Waals surface area contributed by atoms with E-state index in [0.717, 1.165) is 21.3 Å². The zero-order valence-electron chi connectivity index (χ0n) is 12.2. The molecule has 0 bridgehead atoms. The Balaban J connectivity index is 2.06. The zero-order chi connectivity index (χ0) is 15.5. The molecule has 0 aliphatic heterocycles. The lowest BCUT2D eigenvalue weighted by molar-refractivity contribution is -0.110. The lowest BCUT2D eigenvalue weighted by Crippen LogP contribution is -2.20. The quantitative estimate of drug-likeness (QED) is 0.708. The van der Waals surface area contributed by atoms with Crippen LogP contribution in [-0.4, -0.2) is 16.0 Å². The highest BCUT2D eigenvalue weighted by molar-refractivity contribution is 9.10. The Morgan fingerprint density at radius 3 is 2.68 bits per heavy atom. The van der Waals surface area contributed by atoms with Crippen LogP contribution in [0.4, 0.5) is 0 Å². The first-order valence-corrected chi connectivity index (χ1v) is 7.87. The van der Waals surface area contributed by atoms with Crippen molar-refractivity contribution >= 4 is 33.4 Å². The van der Waals surface area contributed by atoms with Crippen LogP contribution >= 0.6 is 15.9 Å². The lowest BCUT2D eigenvalue weighted by atomic mass is 10.2. The molecular formula is C17H16BrN3O. The number of nitrogens with zero attached hydrogens (tertiary/aromatic N) is 2. The van der Waals surface area contributed by atoms with Gasteiger partial charge in [-0.3, -0.25) is 4.79 Å². The van der Waals surface area contributed by atoms with Gasteiger partial charge in [0.05, 0.1) is 17.1 Å². The van der Waals surface area contributed by atoms with Crippen molar-refractivity contribution < 1.29 is 4.79 Å². The van der Waals surface area contributed by atoms with Crippen LogP contribution in [0.2, 0.25) is 0 Å². The number of aromatic nitrogens is 2. The fourth-order valence-electron chi connectivity index (χ4n) is 2.54. The number of nitrogens with one attached hydrogen (secondary N) is 1. The van der Waals surface area contributed by atoms with Gasteiger partial charge in [0.2, 0.25) is 6.41 Å². The van der Waals surface area contributed by atoms with Gasteiger partial charge in [0.1, 0.15) is 5.82 Å². The largest absolute Gasteiger partial charge is 0.349 e. The maximum Gasteiger partial charge on any atom is 0.207 e. The molecule has 1 N–H and O–H groups in total. The highest BCUT2D eigenvalue weighted by atomic mass is 79.9. The summed E-state index contributed by atoms with van der Waals surface area (Å²) < 4.78 is 3.21. The number of para-hydroxylation sites is 2. The summed E-state index contributed by atoms with van der Waals surface area (Å²) in [6.45, 7) is 2.65. The van der Waals surface area contributed by atoms with Gasteiger partial charge in [-0.1, -0.05) is 40.2 Å². The summed E-state index contributed by atoms with van der Waals surface area (Å²) >= 11 is 3.45. The van der Waals surface area contributed by atoms with Crippen molar-refractivity contribution in [2.75, 3.05) is 0 Å². The highest BCUT2D eigenvalue weighted by Crippen LogP contribution is 2.22. The van der Waals surface area contributed by atoms with Crippen molar-refractivity contribution in [1.82, 2.24) is 14.9 Å². The molecule has 112 valence electrons. The third kappa shape index (κ3) is 2.90. The third-order valence-electron chi connectivity index (χ3n) is 3.64. The standard InChI is InChI=1S/C17H16BrN3O/c1-12(19-11-22)17-20-15-4-2-3-5-16(15)21(17)10-13-6-8-14(18)9-7-13/h2-9,11-12H,10H2,1H3,(H,19,22). The van der Waals surface area contributed by atoms with Gasteiger partial charge in [-0.05, 0) is 36.8 Å². The summed E-state index contributed by atoms with van der Waals surface area (Å²) in [7, 11) is 0. The summed E-state index contributed by atoms with van der Waals surface area (Å²) in [5.74, 6) is 0.858. The Morgan fingerprint density at radius 2 is 1.95 bits per heavy atom. The molecule has 2 aromatic carbocycles. The van der Waals surface area contributed by atoms with Gasteiger partial charge < -0.3 is 9.88 Å². The number of imidazole rings is 1. The zero-order valence-corrected chi connectivity index (χ0v) is 13.7. The molecule has 0 spiro atoms. The Hall–Kier alpha value is -2.14. The number of benzene rings is 2. The van der Waals surface area contributed by atoms with Crippen molar-refractivity contribution in [3.63, 3.8) is 0 Å². The molecular weight excluding hydrogens is 342 g/mol. The van der Waals surface area contributed by atoms with Crippen molar-refractivity contribution in [2.45, 2.75) is 19.5 Å². The fourth-order valence-corrected chi connectivity index (χ4v) is 2.80. The first kappa shape index (κ1) is 14.8. The molecule has 0 fully saturated rings. The molecule has 0 aliphatic carbocycles. The van der Waals surface area contributed by atoms with Crippen LogP contribution in [0.1, 0.15) is 24.4 Å². The summed E-state index contributed by atoms with van der Waals surface area (Å²) in [6, 6.07) is 16.1. The molecule has 5 heteroatoms. The lowest BCUT2D eigenvalue weighted by Gasteiger charge is -2.14. The summed E-state index contributed by atoms with van der Waals surface area (Å²) in [5.41, 5.74) is 3.19. The fraction of sp³-hybridized carbons (Fsp3) is 0.176. The van der Waals surface area contributed by atoms with Gasteiger partial charge in [0.25, 0.3) is 0 Å². The first-order valence-electron chi connectivity index (χ1n) is 7.08. The van der Waals surface area contributed by atoms with Crippen LogP contribution in [0.25, 0.3) is 11.0 Å². The molecule has 1 atom stereocenters. The van der Waals surface area contributed by atoms with Gasteiger partial charge in [-0.15, -0.1) is 0 Å². The molecule has 1 amide bonds. The highest BCUT2D eigenvalue weighted by Gasteiger charge is 2.16. The average Bonchev–Trinajstić information content (AvgIpc) is 2.89. The number of halogens is 1. The van der Waals surface area contributed by atoms with Gasteiger partial charge in [-0.25, -0.2) is 4.98 Å². The number of carbonyl (C=O) groups excluding carboxylic acids is 1. The van der Waals surface area contributed by atoms with Crippen molar-refractivity contribution in [3.8, 4) is 0 Å². The normalized spacial score (nSPS) is 12.3. The van der Waals surface area contributed by atoms with Crippen LogP contribution in [0.15, 0.2) is 53.0 Å². The van der Waals surface area contributed by atoms with Crippen LogP contribution in [0.5, 0.6) is 0 Å². The minimum absolute atomic E-state index is 0.139. The summed E-state index contributed by atoms with van der Waals surface area (Å²) in [5, 5.41) is 2.79. The number of rotatable bonds is 5. The molecule has 0 saturated heterocycles. The van der Waals surface area contributed by atoms with Crippen molar-refractivity contribution in [1.29, 1.82) is 0 Å². The Labute approximate surface area is 137 Å². The van der Waals surface area contributed by atoms with E-state index in [1.165, 1.54) is 5.56 Å². The molecule has 0 radical (unpaired) electrons. The molecule has 1 heterocycles. The van der Waals surface area contributed by atoms with Crippen LogP contribution < -0.4 is 5.32 Å². The molecule has 3 rings (SSSR count). The van der Waals surface area contributed by atoms with Gasteiger partial charge in [0, 0.05) is 11.0 Å². The summed E-state index contributed by atoms with van der Waals surface area (Å²) in [4.78, 5) is 15.4. The predicted octanol–water partition coefficient (Wildman–Crippen LogP) is 3.65. The number of amides is 1. The van der Waals surface area contributed by atoms with Gasteiger partial charge >= 0.3 is 0 Å². The maximum absolute atomic E-state index is 10.8. The molecule has 1 aromatic heterocycles. The second kappa shape index (κ2) is 6.32. The van der Waals surface area contributed by atoms with E-state index >= 15 is 0 Å². The van der Waals surface area contributed by atoms with Gasteiger partial charge in [-0.2, -0.15) is 0 Å². The monoisotopic (exact) mass is 357 g/mol. The van der Waals surface area contributed by atoms with Crippen LogP contribution in [0, 0.1) is 0 Å². The van der Waals surface area contributed by atoms with E-state index < -0.39 is 0 Å². The number of hydrogen-bond acceptors (Lipinski definition) is 2. The Kier molecular flexibility index (Phi) is 4.24. The van der Waals surface area contributed by atoms with Crippen molar-refractivity contribution in [2.24, 2.45) is 0 Å².